The number of methoxy groups -OCH3 is 1. The van der Waals surface area contributed by atoms with Crippen LogP contribution in [0.15, 0.2) is 48.7 Å². The first kappa shape index (κ1) is 26.2. The molecular weight excluding hydrogens is 496 g/mol. The number of alkyl carbamates (subject to hydrolysis) is 1. The second-order valence-electron chi connectivity index (χ2n) is 9.91. The largest absolute Gasteiger partial charge is 0.453 e. The van der Waals surface area contributed by atoms with E-state index in [0.717, 1.165) is 27.9 Å². The van der Waals surface area contributed by atoms with Crippen molar-refractivity contribution >= 4 is 27.7 Å². The van der Waals surface area contributed by atoms with Crippen molar-refractivity contribution in [3.8, 4) is 11.3 Å². The number of fused-ring (bicyclic) bond motifs is 1. The number of imidazole rings is 1. The zero-order valence-electron chi connectivity index (χ0n) is 21.1. The summed E-state index contributed by atoms with van der Waals surface area (Å²) >= 11 is 0. The van der Waals surface area contributed by atoms with Crippen LogP contribution >= 0.6 is 0 Å². The molecule has 10 nitrogen and oxygen atoms in total. The summed E-state index contributed by atoms with van der Waals surface area (Å²) in [6, 6.07) is 12.1. The van der Waals surface area contributed by atoms with E-state index in [4.69, 9.17) is 4.74 Å². The molecule has 0 saturated carbocycles. The molecule has 0 fully saturated rings. The highest BCUT2D eigenvalue weighted by Crippen LogP contribution is 2.28. The summed E-state index contributed by atoms with van der Waals surface area (Å²) in [7, 11) is -1.83. The molecule has 196 valence electrons. The summed E-state index contributed by atoms with van der Waals surface area (Å²) in [6.45, 7) is 5.35. The fourth-order valence-corrected chi connectivity index (χ4v) is 5.67. The van der Waals surface area contributed by atoms with Gasteiger partial charge in [0.2, 0.25) is 0 Å². The van der Waals surface area contributed by atoms with E-state index in [-0.39, 0.29) is 11.5 Å². The first-order valence-corrected chi connectivity index (χ1v) is 13.5. The summed E-state index contributed by atoms with van der Waals surface area (Å²) in [6.07, 6.45) is 0.896. The molecule has 2 aromatic carbocycles. The van der Waals surface area contributed by atoms with Gasteiger partial charge in [0, 0.05) is 12.1 Å². The Bertz CT molecular complexity index is 1410. The quantitative estimate of drug-likeness (QED) is 0.430. The Morgan fingerprint density at radius 3 is 2.43 bits per heavy atom. The molecule has 1 aromatic heterocycles. The summed E-state index contributed by atoms with van der Waals surface area (Å²) in [5, 5.41) is 5.49. The number of sulfone groups is 1. The van der Waals surface area contributed by atoms with Gasteiger partial charge in [-0.15, -0.1) is 0 Å². The van der Waals surface area contributed by atoms with E-state index in [2.05, 4.69) is 25.3 Å². The van der Waals surface area contributed by atoms with Crippen molar-refractivity contribution < 1.29 is 27.5 Å². The molecule has 3 N–H and O–H groups in total. The lowest BCUT2D eigenvalue weighted by Crippen LogP contribution is -2.36. The monoisotopic (exact) mass is 526 g/mol. The lowest BCUT2D eigenvalue weighted by molar-refractivity contribution is 0.0501. The highest BCUT2D eigenvalue weighted by molar-refractivity contribution is 7.90. The van der Waals surface area contributed by atoms with Gasteiger partial charge < -0.3 is 19.8 Å². The minimum absolute atomic E-state index is 0.0199. The lowest BCUT2D eigenvalue weighted by atomic mass is 10.0. The first-order chi connectivity index (χ1) is 17.4. The van der Waals surface area contributed by atoms with E-state index in [1.54, 1.807) is 39.1 Å². The van der Waals surface area contributed by atoms with Crippen LogP contribution in [0.4, 0.5) is 15.3 Å². The van der Waals surface area contributed by atoms with E-state index >= 15 is 0 Å². The smallest absolute Gasteiger partial charge is 0.411 e. The van der Waals surface area contributed by atoms with Crippen LogP contribution in [-0.2, 0) is 37.2 Å². The molecule has 0 bridgehead atoms. The van der Waals surface area contributed by atoms with Crippen LogP contribution in [0.25, 0.3) is 11.3 Å². The topological polar surface area (TPSA) is 139 Å². The number of rotatable bonds is 6. The maximum absolute atomic E-state index is 12.6. The van der Waals surface area contributed by atoms with Crippen LogP contribution < -0.4 is 10.6 Å². The van der Waals surface area contributed by atoms with Gasteiger partial charge in [0.1, 0.15) is 11.4 Å². The fourth-order valence-electron chi connectivity index (χ4n) is 4.07. The number of carbonyl (C=O) groups is 2. The fraction of sp³-hybridized carbons (Fsp3) is 0.346. The number of anilines is 1. The van der Waals surface area contributed by atoms with Gasteiger partial charge in [-0.3, -0.25) is 5.32 Å². The van der Waals surface area contributed by atoms with E-state index < -0.39 is 33.7 Å². The van der Waals surface area contributed by atoms with Gasteiger partial charge in [-0.2, -0.15) is 0 Å². The number of H-pyrrole nitrogens is 1. The van der Waals surface area contributed by atoms with Crippen LogP contribution in [-0.4, -0.2) is 43.3 Å². The Morgan fingerprint density at radius 1 is 1.05 bits per heavy atom. The predicted molar refractivity (Wildman–Crippen MR) is 139 cm³/mol. The molecule has 2 amide bonds. The number of nitrogens with one attached hydrogen (secondary N) is 3. The Kier molecular flexibility index (Phi) is 7.26. The normalized spacial score (nSPS) is 14.9. The molecule has 1 aliphatic heterocycles. The van der Waals surface area contributed by atoms with Gasteiger partial charge in [-0.25, -0.2) is 23.0 Å². The molecular formula is C26H30N4O6S. The number of hydrogen-bond donors (Lipinski definition) is 3. The number of hydrogen-bond acceptors (Lipinski definition) is 7. The minimum Gasteiger partial charge on any atom is -0.453 e. The number of carbonyl (C=O) groups excluding carboxylic acids is 2. The summed E-state index contributed by atoms with van der Waals surface area (Å²) < 4.78 is 34.1. The SMILES string of the molecule is COC(=O)Nc1ccc(-c2cnc([C@H](Cc3ccc4c(c3)CS(=O)(=O)C4)NC(=O)OC(C)(C)C)[nH]2)cc1. The summed E-state index contributed by atoms with van der Waals surface area (Å²) in [5.74, 6) is 0.592. The van der Waals surface area contributed by atoms with Gasteiger partial charge in [-0.05, 0) is 55.2 Å². The zero-order chi connectivity index (χ0) is 26.8. The van der Waals surface area contributed by atoms with E-state index in [9.17, 15) is 18.0 Å². The van der Waals surface area contributed by atoms with Crippen LogP contribution in [0.2, 0.25) is 0 Å². The molecule has 2 heterocycles. The maximum atomic E-state index is 12.6. The predicted octanol–water partition coefficient (Wildman–Crippen LogP) is 4.49. The van der Waals surface area contributed by atoms with Gasteiger partial charge in [-0.1, -0.05) is 30.3 Å². The third kappa shape index (κ3) is 6.88. The second-order valence-corrected chi connectivity index (χ2v) is 12.0. The molecule has 1 atom stereocenters. The molecule has 1 aliphatic rings. The minimum atomic E-state index is -3.12. The average molecular weight is 527 g/mol. The molecule has 3 aromatic rings. The van der Waals surface area contributed by atoms with E-state index in [0.29, 0.717) is 17.9 Å². The molecule has 0 spiro atoms. The molecule has 4 rings (SSSR count). The van der Waals surface area contributed by atoms with Crippen molar-refractivity contribution in [3.05, 3.63) is 71.2 Å². The molecule has 0 unspecified atom stereocenters. The summed E-state index contributed by atoms with van der Waals surface area (Å²) in [4.78, 5) is 31.8. The van der Waals surface area contributed by atoms with Crippen LogP contribution in [0.5, 0.6) is 0 Å². The van der Waals surface area contributed by atoms with Gasteiger partial charge in [0.05, 0.1) is 36.5 Å². The molecule has 0 radical (unpaired) electrons. The molecule has 0 aliphatic carbocycles. The molecule has 11 heteroatoms. The highest BCUT2D eigenvalue weighted by Gasteiger charge is 2.27. The van der Waals surface area contributed by atoms with Crippen molar-refractivity contribution in [3.63, 3.8) is 0 Å². The Labute approximate surface area is 215 Å². The van der Waals surface area contributed by atoms with E-state index in [1.807, 2.05) is 30.3 Å². The first-order valence-electron chi connectivity index (χ1n) is 11.7. The Hall–Kier alpha value is -3.86. The standard InChI is InChI=1S/C26H30N4O6S/c1-26(2,3)36-25(32)30-21(12-16-5-6-18-14-37(33,34)15-19(18)11-16)23-27-13-22(29-23)17-7-9-20(10-8-17)28-24(31)35-4/h5-11,13,21H,12,14-15H2,1-4H3,(H,27,29)(H,28,31)(H,30,32)/t21-/m0/s1. The zero-order valence-corrected chi connectivity index (χ0v) is 21.9. The number of amides is 2. The van der Waals surface area contributed by atoms with Crippen molar-refractivity contribution in [2.75, 3.05) is 12.4 Å². The van der Waals surface area contributed by atoms with Crippen LogP contribution in [0, 0.1) is 0 Å². The molecule has 0 saturated heterocycles. The van der Waals surface area contributed by atoms with Crippen molar-refractivity contribution in [1.29, 1.82) is 0 Å². The third-order valence-electron chi connectivity index (χ3n) is 5.71. The van der Waals surface area contributed by atoms with Crippen LogP contribution in [0.3, 0.4) is 0 Å². The number of aromatic nitrogens is 2. The van der Waals surface area contributed by atoms with Crippen molar-refractivity contribution in [2.45, 2.75) is 50.3 Å². The Balaban J connectivity index is 1.57. The third-order valence-corrected chi connectivity index (χ3v) is 7.21. The average Bonchev–Trinajstić information content (AvgIpc) is 3.41. The second kappa shape index (κ2) is 10.3. The highest BCUT2D eigenvalue weighted by atomic mass is 32.2. The van der Waals surface area contributed by atoms with Gasteiger partial charge in [0.15, 0.2) is 9.84 Å². The Morgan fingerprint density at radius 2 is 1.76 bits per heavy atom. The lowest BCUT2D eigenvalue weighted by Gasteiger charge is -2.23. The summed E-state index contributed by atoms with van der Waals surface area (Å²) in [5.41, 5.74) is 3.92. The molecule has 37 heavy (non-hydrogen) atoms. The number of aromatic amines is 1. The van der Waals surface area contributed by atoms with Crippen LogP contribution in [0.1, 0.15) is 49.3 Å². The van der Waals surface area contributed by atoms with E-state index in [1.165, 1.54) is 7.11 Å². The van der Waals surface area contributed by atoms with Crippen molar-refractivity contribution in [1.82, 2.24) is 15.3 Å². The van der Waals surface area contributed by atoms with Crippen molar-refractivity contribution in [2.24, 2.45) is 0 Å². The number of nitrogens with zero attached hydrogens (tertiary/aromatic N) is 1. The number of benzene rings is 2. The number of ether oxygens (including phenoxy) is 2. The maximum Gasteiger partial charge on any atom is 0.411 e. The van der Waals surface area contributed by atoms with Gasteiger partial charge in [0.25, 0.3) is 0 Å². The van der Waals surface area contributed by atoms with Gasteiger partial charge >= 0.3 is 12.2 Å².